The monoisotopic (exact) mass is 278 g/mol. The molecule has 1 aliphatic heterocycles. The summed E-state index contributed by atoms with van der Waals surface area (Å²) in [6.45, 7) is 6.44. The summed E-state index contributed by atoms with van der Waals surface area (Å²) in [6.07, 6.45) is 5.23. The molecule has 4 nitrogen and oxygen atoms in total. The van der Waals surface area contributed by atoms with Gasteiger partial charge in [0.15, 0.2) is 0 Å². The third-order valence-electron chi connectivity index (χ3n) is 3.67. The van der Waals surface area contributed by atoms with E-state index in [1.54, 1.807) is 0 Å². The van der Waals surface area contributed by atoms with E-state index in [9.17, 15) is 4.79 Å². The summed E-state index contributed by atoms with van der Waals surface area (Å²) in [4.78, 5) is 14.0. The van der Waals surface area contributed by atoms with Crippen molar-refractivity contribution < 1.29 is 9.21 Å². The van der Waals surface area contributed by atoms with Gasteiger partial charge in [0.2, 0.25) is 5.91 Å². The summed E-state index contributed by atoms with van der Waals surface area (Å²) in [5.41, 5.74) is 0. The number of nitrogens with zero attached hydrogens (tertiary/aromatic N) is 1. The van der Waals surface area contributed by atoms with Crippen LogP contribution in [-0.2, 0) is 17.9 Å². The molecule has 0 spiro atoms. The molecule has 2 heterocycles. The Labute approximate surface area is 121 Å². The molecule has 1 fully saturated rings. The lowest BCUT2D eigenvalue weighted by Crippen LogP contribution is -2.32. The first kappa shape index (κ1) is 15.1. The molecule has 0 atom stereocenters. The van der Waals surface area contributed by atoms with Gasteiger partial charge in [-0.3, -0.25) is 4.79 Å². The summed E-state index contributed by atoms with van der Waals surface area (Å²) in [5.74, 6) is 2.09. The van der Waals surface area contributed by atoms with E-state index in [0.717, 1.165) is 37.5 Å². The highest BCUT2D eigenvalue weighted by atomic mass is 16.3. The molecule has 1 N–H and O–H groups in total. The Morgan fingerprint density at radius 2 is 1.95 bits per heavy atom. The van der Waals surface area contributed by atoms with Crippen molar-refractivity contribution in [1.29, 1.82) is 0 Å². The molecule has 0 aromatic carbocycles. The van der Waals surface area contributed by atoms with Crippen LogP contribution in [-0.4, -0.2) is 23.4 Å². The van der Waals surface area contributed by atoms with Crippen LogP contribution in [0.15, 0.2) is 16.5 Å². The van der Waals surface area contributed by atoms with E-state index in [-0.39, 0.29) is 5.91 Å². The second-order valence-electron chi connectivity index (χ2n) is 5.88. The van der Waals surface area contributed by atoms with Crippen LogP contribution in [0.25, 0.3) is 0 Å². The van der Waals surface area contributed by atoms with Crippen molar-refractivity contribution in [3.05, 3.63) is 23.7 Å². The maximum Gasteiger partial charge on any atom is 0.222 e. The molecule has 112 valence electrons. The predicted octanol–water partition coefficient (Wildman–Crippen LogP) is 3.07. The summed E-state index contributed by atoms with van der Waals surface area (Å²) in [6, 6.07) is 4.43. The highest BCUT2D eigenvalue weighted by Crippen LogP contribution is 2.16. The van der Waals surface area contributed by atoms with Gasteiger partial charge in [-0.15, -0.1) is 0 Å². The molecule has 0 saturated carbocycles. The van der Waals surface area contributed by atoms with E-state index in [1.165, 1.54) is 12.8 Å². The van der Waals surface area contributed by atoms with Crippen LogP contribution in [0.1, 0.15) is 57.5 Å². The van der Waals surface area contributed by atoms with Crippen molar-refractivity contribution in [1.82, 2.24) is 10.2 Å². The first-order chi connectivity index (χ1) is 9.65. The Hall–Kier alpha value is -1.29. The molecule has 0 unspecified atom stereocenters. The summed E-state index contributed by atoms with van der Waals surface area (Å²) < 4.78 is 5.80. The molecule has 1 aromatic rings. The lowest BCUT2D eigenvalue weighted by molar-refractivity contribution is -0.132. The molecular weight excluding hydrogens is 252 g/mol. The van der Waals surface area contributed by atoms with E-state index in [2.05, 4.69) is 19.2 Å². The van der Waals surface area contributed by atoms with Gasteiger partial charge < -0.3 is 14.6 Å². The molecule has 1 saturated heterocycles. The van der Waals surface area contributed by atoms with Gasteiger partial charge in [-0.25, -0.2) is 0 Å². The van der Waals surface area contributed by atoms with Crippen molar-refractivity contribution >= 4 is 5.91 Å². The molecule has 1 aliphatic rings. The van der Waals surface area contributed by atoms with Crippen molar-refractivity contribution in [3.8, 4) is 0 Å². The summed E-state index contributed by atoms with van der Waals surface area (Å²) in [5, 5.41) is 3.33. The Morgan fingerprint density at radius 1 is 1.20 bits per heavy atom. The average Bonchev–Trinajstić information content (AvgIpc) is 2.84. The van der Waals surface area contributed by atoms with E-state index in [4.69, 9.17) is 4.42 Å². The molecular formula is C16H26N2O2. The molecule has 0 bridgehead atoms. The fourth-order valence-corrected chi connectivity index (χ4v) is 2.48. The zero-order chi connectivity index (χ0) is 14.4. The third-order valence-corrected chi connectivity index (χ3v) is 3.67. The van der Waals surface area contributed by atoms with E-state index in [0.29, 0.717) is 19.0 Å². The Kier molecular flexibility index (Phi) is 5.65. The minimum Gasteiger partial charge on any atom is -0.463 e. The lowest BCUT2D eigenvalue weighted by Gasteiger charge is -2.23. The van der Waals surface area contributed by atoms with Gasteiger partial charge in [0.25, 0.3) is 0 Å². The van der Waals surface area contributed by atoms with Gasteiger partial charge in [-0.2, -0.15) is 0 Å². The summed E-state index contributed by atoms with van der Waals surface area (Å²) in [7, 11) is 0. The van der Waals surface area contributed by atoms with Crippen LogP contribution < -0.4 is 5.32 Å². The molecule has 4 heteroatoms. The minimum absolute atomic E-state index is 0.267. The van der Waals surface area contributed by atoms with E-state index >= 15 is 0 Å². The van der Waals surface area contributed by atoms with Gasteiger partial charge in [-0.1, -0.05) is 26.7 Å². The Morgan fingerprint density at radius 3 is 2.75 bits per heavy atom. The van der Waals surface area contributed by atoms with Crippen LogP contribution in [0, 0.1) is 0 Å². The smallest absolute Gasteiger partial charge is 0.222 e. The number of furan rings is 1. The second kappa shape index (κ2) is 7.48. The van der Waals surface area contributed by atoms with Crippen LogP contribution in [0.3, 0.4) is 0 Å². The number of carbonyl (C=O) groups excluding carboxylic acids is 1. The van der Waals surface area contributed by atoms with Crippen LogP contribution >= 0.6 is 0 Å². The van der Waals surface area contributed by atoms with Crippen molar-refractivity contribution in [2.24, 2.45) is 0 Å². The number of likely N-dealkylation sites (tertiary alicyclic amines) is 1. The summed E-state index contributed by atoms with van der Waals surface area (Å²) >= 11 is 0. The minimum atomic E-state index is 0.267. The highest BCUT2D eigenvalue weighted by molar-refractivity contribution is 5.76. The van der Waals surface area contributed by atoms with Gasteiger partial charge in [0.1, 0.15) is 11.5 Å². The predicted molar refractivity (Wildman–Crippen MR) is 79.2 cm³/mol. The second-order valence-corrected chi connectivity index (χ2v) is 5.88. The average molecular weight is 278 g/mol. The normalized spacial score (nSPS) is 17.4. The lowest BCUT2D eigenvalue weighted by atomic mass is 10.1. The largest absolute Gasteiger partial charge is 0.463 e. The van der Waals surface area contributed by atoms with Crippen LogP contribution in [0.2, 0.25) is 0 Å². The van der Waals surface area contributed by atoms with Gasteiger partial charge >= 0.3 is 0 Å². The molecule has 2 rings (SSSR count). The van der Waals surface area contributed by atoms with Crippen molar-refractivity contribution in [3.63, 3.8) is 0 Å². The molecule has 1 amide bonds. The first-order valence-corrected chi connectivity index (χ1v) is 7.74. The topological polar surface area (TPSA) is 45.5 Å². The van der Waals surface area contributed by atoms with Gasteiger partial charge in [0, 0.05) is 19.0 Å². The quantitative estimate of drug-likeness (QED) is 0.900. The van der Waals surface area contributed by atoms with E-state index < -0.39 is 0 Å². The fourth-order valence-electron chi connectivity index (χ4n) is 2.48. The highest BCUT2D eigenvalue weighted by Gasteiger charge is 2.17. The molecule has 20 heavy (non-hydrogen) atoms. The number of nitrogens with one attached hydrogen (secondary N) is 1. The number of carbonyl (C=O) groups is 1. The number of amides is 1. The van der Waals surface area contributed by atoms with Crippen molar-refractivity contribution in [2.45, 2.75) is 65.1 Å². The zero-order valence-electron chi connectivity index (χ0n) is 12.7. The number of rotatable bonds is 5. The number of hydrogen-bond donors (Lipinski definition) is 1. The third kappa shape index (κ3) is 4.67. The molecule has 0 radical (unpaired) electrons. The standard InChI is InChI=1S/C16H26N2O2/c1-13(2)17-11-14-8-9-15(20-14)12-18-10-6-4-3-5-7-16(18)19/h8-9,13,17H,3-7,10-12H2,1-2H3. The first-order valence-electron chi connectivity index (χ1n) is 7.74. The SMILES string of the molecule is CC(C)NCc1ccc(CN2CCCCCCC2=O)o1. The Balaban J connectivity index is 1.89. The van der Waals surface area contributed by atoms with Gasteiger partial charge in [0.05, 0.1) is 13.1 Å². The maximum absolute atomic E-state index is 12.1. The number of hydrogen-bond acceptors (Lipinski definition) is 3. The Bertz CT molecular complexity index is 426. The maximum atomic E-state index is 12.1. The van der Waals surface area contributed by atoms with E-state index in [1.807, 2.05) is 17.0 Å². The van der Waals surface area contributed by atoms with Crippen LogP contribution in [0.5, 0.6) is 0 Å². The molecule has 1 aromatic heterocycles. The fraction of sp³-hybridized carbons (Fsp3) is 0.688. The molecule has 0 aliphatic carbocycles. The zero-order valence-corrected chi connectivity index (χ0v) is 12.7. The van der Waals surface area contributed by atoms with Crippen molar-refractivity contribution in [2.75, 3.05) is 6.54 Å². The van der Waals surface area contributed by atoms with Crippen LogP contribution in [0.4, 0.5) is 0 Å². The van der Waals surface area contributed by atoms with Gasteiger partial charge in [-0.05, 0) is 25.0 Å².